The van der Waals surface area contributed by atoms with Crippen molar-refractivity contribution >= 4 is 17.3 Å². The van der Waals surface area contributed by atoms with Crippen molar-refractivity contribution in [3.05, 3.63) is 51.5 Å². The molecule has 8 heteroatoms. The summed E-state index contributed by atoms with van der Waals surface area (Å²) in [6, 6.07) is 2.47. The van der Waals surface area contributed by atoms with Crippen LogP contribution in [0, 0.1) is 17.8 Å². The number of Topliss-reactive ketones (excluding diaryl/α,β-unsaturated/α-hetero) is 3. The lowest BCUT2D eigenvalue weighted by molar-refractivity contribution is -0.148. The van der Waals surface area contributed by atoms with Crippen molar-refractivity contribution in [2.75, 3.05) is 14.1 Å². The molecule has 0 aliphatic heterocycles. The second-order valence-electron chi connectivity index (χ2n) is 11.8. The predicted octanol–water partition coefficient (Wildman–Crippen LogP) is 3.74. The van der Waals surface area contributed by atoms with Gasteiger partial charge in [-0.15, -0.1) is 0 Å². The van der Waals surface area contributed by atoms with Gasteiger partial charge in [-0.3, -0.25) is 19.3 Å². The number of rotatable bonds is 5. The summed E-state index contributed by atoms with van der Waals surface area (Å²) in [5.74, 6) is -4.66. The number of hydrogen-bond donors (Lipinski definition) is 4. The van der Waals surface area contributed by atoms with E-state index in [9.17, 15) is 34.8 Å². The van der Waals surface area contributed by atoms with E-state index >= 15 is 0 Å². The highest BCUT2D eigenvalue weighted by Gasteiger charge is 2.63. The maximum atomic E-state index is 13.8. The van der Waals surface area contributed by atoms with Crippen LogP contribution in [0.2, 0.25) is 0 Å². The van der Waals surface area contributed by atoms with Crippen LogP contribution in [0.5, 0.6) is 5.75 Å². The standard InChI is InChI=1S/C30H37NO7/c1-15(32)22-27(35)25(31(2)3)20-14-18-13-19-17(10-9-16-7-5-4-6-8-16)11-12-21(33)24(19)26(34)23(18)29(37)30(20,38)28(22)36/h11-12,16,18,20,25,33,35,37-38H,4-10,13-14H2,1-3H3/t18-,20-,25-,30+/m0/s1. The van der Waals surface area contributed by atoms with Gasteiger partial charge in [-0.05, 0) is 75.7 Å². The monoisotopic (exact) mass is 523 g/mol. The summed E-state index contributed by atoms with van der Waals surface area (Å²) in [4.78, 5) is 41.2. The fraction of sp³-hybridized carbons (Fsp3) is 0.567. The Labute approximate surface area is 222 Å². The zero-order chi connectivity index (χ0) is 27.5. The molecular formula is C30H37NO7. The summed E-state index contributed by atoms with van der Waals surface area (Å²) in [6.07, 6.45) is 8.49. The number of benzene rings is 1. The molecule has 0 spiro atoms. The number of aliphatic hydroxyl groups is 3. The first-order chi connectivity index (χ1) is 18.0. The van der Waals surface area contributed by atoms with E-state index in [-0.39, 0.29) is 23.3 Å². The van der Waals surface area contributed by atoms with Crippen LogP contribution in [0.1, 0.15) is 73.4 Å². The van der Waals surface area contributed by atoms with Crippen LogP contribution in [0.15, 0.2) is 34.8 Å². The van der Waals surface area contributed by atoms with Gasteiger partial charge in [-0.1, -0.05) is 38.2 Å². The molecule has 1 aromatic rings. The predicted molar refractivity (Wildman–Crippen MR) is 140 cm³/mol. The van der Waals surface area contributed by atoms with Gasteiger partial charge in [0.2, 0.25) is 5.78 Å². The van der Waals surface area contributed by atoms with E-state index in [1.807, 2.05) is 6.07 Å². The lowest BCUT2D eigenvalue weighted by Gasteiger charge is -2.50. The number of allylic oxidation sites excluding steroid dienone is 1. The Hall–Kier alpha value is -2.97. The SMILES string of the molecule is CC(=O)C1=C(O)[C@@H](N(C)C)[C@@H]2C[C@@H]3Cc4c(CCC5CCCCC5)ccc(O)c4C(=O)C3=C(O)[C@]2(O)C1=O. The number of aromatic hydroxyl groups is 1. The fourth-order valence-corrected chi connectivity index (χ4v) is 7.49. The molecule has 0 amide bonds. The Morgan fingerprint density at radius 2 is 1.76 bits per heavy atom. The molecule has 1 aromatic carbocycles. The van der Waals surface area contributed by atoms with E-state index in [2.05, 4.69) is 0 Å². The number of phenols is 1. The number of likely N-dealkylation sites (N-methyl/N-ethyl adjacent to an activating group) is 1. The first-order valence-electron chi connectivity index (χ1n) is 13.7. The molecular weight excluding hydrogens is 486 g/mol. The van der Waals surface area contributed by atoms with Gasteiger partial charge < -0.3 is 20.4 Å². The third-order valence-corrected chi connectivity index (χ3v) is 9.36. The normalized spacial score (nSPS) is 29.9. The van der Waals surface area contributed by atoms with E-state index in [0.717, 1.165) is 30.9 Å². The van der Waals surface area contributed by atoms with Gasteiger partial charge in [0.05, 0.1) is 11.6 Å². The van der Waals surface area contributed by atoms with Crippen molar-refractivity contribution in [1.82, 2.24) is 4.90 Å². The van der Waals surface area contributed by atoms with Crippen LogP contribution in [0.3, 0.4) is 0 Å². The highest BCUT2D eigenvalue weighted by Crippen LogP contribution is 2.52. The van der Waals surface area contributed by atoms with E-state index < -0.39 is 57.9 Å². The fourth-order valence-electron chi connectivity index (χ4n) is 7.49. The molecule has 4 atom stereocenters. The summed E-state index contributed by atoms with van der Waals surface area (Å²) < 4.78 is 0. The van der Waals surface area contributed by atoms with Gasteiger partial charge in [0.1, 0.15) is 22.8 Å². The van der Waals surface area contributed by atoms with Crippen LogP contribution >= 0.6 is 0 Å². The molecule has 0 radical (unpaired) electrons. The van der Waals surface area contributed by atoms with Gasteiger partial charge in [0.25, 0.3) is 0 Å². The number of aryl methyl sites for hydroxylation is 1. The second-order valence-corrected chi connectivity index (χ2v) is 11.8. The Morgan fingerprint density at radius 3 is 2.39 bits per heavy atom. The maximum absolute atomic E-state index is 13.8. The van der Waals surface area contributed by atoms with Gasteiger partial charge in [-0.2, -0.15) is 0 Å². The number of ketones is 3. The summed E-state index contributed by atoms with van der Waals surface area (Å²) in [6.45, 7) is 1.12. The molecule has 1 fully saturated rings. The number of carbonyl (C=O) groups is 3. The number of carbonyl (C=O) groups excluding carboxylic acids is 3. The van der Waals surface area contributed by atoms with Crippen LogP contribution in [0.4, 0.5) is 0 Å². The number of phenolic OH excluding ortho intramolecular Hbond substituents is 1. The number of fused-ring (bicyclic) bond motifs is 3. The zero-order valence-corrected chi connectivity index (χ0v) is 22.3. The van der Waals surface area contributed by atoms with Crippen molar-refractivity contribution in [2.45, 2.75) is 76.4 Å². The van der Waals surface area contributed by atoms with Gasteiger partial charge in [-0.25, -0.2) is 0 Å². The third-order valence-electron chi connectivity index (χ3n) is 9.36. The van der Waals surface area contributed by atoms with Crippen molar-refractivity contribution in [1.29, 1.82) is 0 Å². The van der Waals surface area contributed by atoms with E-state index in [0.29, 0.717) is 12.3 Å². The molecule has 4 N–H and O–H groups in total. The average Bonchev–Trinajstić information content (AvgIpc) is 2.86. The largest absolute Gasteiger partial charge is 0.510 e. The molecule has 0 aromatic heterocycles. The van der Waals surface area contributed by atoms with E-state index in [4.69, 9.17) is 0 Å². The summed E-state index contributed by atoms with van der Waals surface area (Å²) >= 11 is 0. The molecule has 4 aliphatic rings. The number of nitrogens with zero attached hydrogens (tertiary/aromatic N) is 1. The molecule has 4 aliphatic carbocycles. The number of hydrogen-bond acceptors (Lipinski definition) is 8. The first-order valence-corrected chi connectivity index (χ1v) is 13.7. The molecule has 1 saturated carbocycles. The first kappa shape index (κ1) is 26.6. The third kappa shape index (κ3) is 3.92. The summed E-state index contributed by atoms with van der Waals surface area (Å²) in [5.41, 5.74) is -1.32. The Kier molecular flexibility index (Phi) is 6.76. The van der Waals surface area contributed by atoms with Crippen LogP contribution in [-0.4, -0.2) is 68.4 Å². The zero-order valence-electron chi connectivity index (χ0n) is 22.3. The van der Waals surface area contributed by atoms with Crippen LogP contribution < -0.4 is 0 Å². The molecule has 0 heterocycles. The molecule has 0 bridgehead atoms. The minimum Gasteiger partial charge on any atom is -0.510 e. The molecule has 204 valence electrons. The maximum Gasteiger partial charge on any atom is 0.209 e. The molecule has 5 rings (SSSR count). The lowest BCUT2D eigenvalue weighted by Crippen LogP contribution is -2.63. The minimum absolute atomic E-state index is 0.0915. The van der Waals surface area contributed by atoms with Crippen molar-refractivity contribution < 1.29 is 34.8 Å². The summed E-state index contributed by atoms with van der Waals surface area (Å²) in [7, 11) is 3.32. The van der Waals surface area contributed by atoms with E-state index in [1.54, 1.807) is 19.0 Å². The summed E-state index contributed by atoms with van der Waals surface area (Å²) in [5, 5.41) is 44.8. The van der Waals surface area contributed by atoms with E-state index in [1.165, 1.54) is 38.2 Å². The minimum atomic E-state index is -2.53. The average molecular weight is 524 g/mol. The van der Waals surface area contributed by atoms with Gasteiger partial charge >= 0.3 is 0 Å². The lowest BCUT2D eigenvalue weighted by atomic mass is 9.58. The van der Waals surface area contributed by atoms with Crippen molar-refractivity contribution in [3.63, 3.8) is 0 Å². The second kappa shape index (κ2) is 9.65. The highest BCUT2D eigenvalue weighted by atomic mass is 16.3. The topological polar surface area (TPSA) is 135 Å². The highest BCUT2D eigenvalue weighted by molar-refractivity contribution is 6.25. The molecule has 38 heavy (non-hydrogen) atoms. The van der Waals surface area contributed by atoms with Gasteiger partial charge in [0.15, 0.2) is 17.2 Å². The quantitative estimate of drug-likeness (QED) is 0.429. The smallest absolute Gasteiger partial charge is 0.209 e. The van der Waals surface area contributed by atoms with Crippen molar-refractivity contribution in [3.8, 4) is 5.75 Å². The molecule has 8 nitrogen and oxygen atoms in total. The van der Waals surface area contributed by atoms with Crippen LogP contribution in [0.25, 0.3) is 0 Å². The number of aliphatic hydroxyl groups excluding tert-OH is 2. The Balaban J connectivity index is 1.58. The molecule has 0 unspecified atom stereocenters. The van der Waals surface area contributed by atoms with Crippen LogP contribution in [-0.2, 0) is 22.4 Å². The van der Waals surface area contributed by atoms with Gasteiger partial charge in [0, 0.05) is 11.5 Å². The Morgan fingerprint density at radius 1 is 1.08 bits per heavy atom. The Bertz CT molecular complexity index is 1270. The molecule has 0 saturated heterocycles. The van der Waals surface area contributed by atoms with Crippen molar-refractivity contribution in [2.24, 2.45) is 17.8 Å².